The zero-order valence-electron chi connectivity index (χ0n) is 14.4. The lowest BCUT2D eigenvalue weighted by Gasteiger charge is -2.26. The second-order valence-electron chi connectivity index (χ2n) is 7.03. The van der Waals surface area contributed by atoms with Crippen molar-refractivity contribution in [1.82, 2.24) is 0 Å². The van der Waals surface area contributed by atoms with Gasteiger partial charge in [-0.15, -0.1) is 13.2 Å². The lowest BCUT2D eigenvalue weighted by Crippen LogP contribution is -2.21. The molecule has 0 bridgehead atoms. The van der Waals surface area contributed by atoms with Crippen molar-refractivity contribution >= 4 is 0 Å². The van der Waals surface area contributed by atoms with Crippen molar-refractivity contribution in [3.05, 3.63) is 65.2 Å². The number of benzene rings is 2. The fraction of sp³-hybridized carbons (Fsp3) is 0.400. The highest BCUT2D eigenvalue weighted by Gasteiger charge is 2.31. The second kappa shape index (κ2) is 6.88. The molecule has 4 heteroatoms. The van der Waals surface area contributed by atoms with Gasteiger partial charge in [0.25, 0.3) is 0 Å². The highest BCUT2D eigenvalue weighted by Crippen LogP contribution is 2.31. The first kappa shape index (κ1) is 18.4. The molecule has 0 aliphatic carbocycles. The third-order valence-corrected chi connectivity index (χ3v) is 4.16. The van der Waals surface area contributed by atoms with Crippen molar-refractivity contribution in [3.8, 4) is 5.75 Å². The van der Waals surface area contributed by atoms with Crippen LogP contribution in [0, 0.1) is 0 Å². The van der Waals surface area contributed by atoms with Gasteiger partial charge in [0.2, 0.25) is 0 Å². The molecule has 0 amide bonds. The number of ether oxygens (including phenoxy) is 1. The van der Waals surface area contributed by atoms with Gasteiger partial charge in [0.1, 0.15) is 5.75 Å². The van der Waals surface area contributed by atoms with Crippen molar-refractivity contribution in [3.63, 3.8) is 0 Å². The summed E-state index contributed by atoms with van der Waals surface area (Å²) in [5, 5.41) is 0. The van der Waals surface area contributed by atoms with Gasteiger partial charge in [-0.3, -0.25) is 0 Å². The summed E-state index contributed by atoms with van der Waals surface area (Å²) in [5.74, 6) is 0.302. The van der Waals surface area contributed by atoms with E-state index >= 15 is 0 Å². The van der Waals surface area contributed by atoms with Crippen LogP contribution in [0.5, 0.6) is 5.75 Å². The third-order valence-electron chi connectivity index (χ3n) is 4.16. The molecule has 0 aromatic heterocycles. The first-order chi connectivity index (χ1) is 11.1. The van der Waals surface area contributed by atoms with Crippen LogP contribution in [0.25, 0.3) is 0 Å². The standard InChI is InChI=1S/C20H23F3O/c1-14(2)16-7-5-15(6-8-16)13-19(3,4)17-9-11-18(12-10-17)24-20(21,22)23/h5-12,14H,13H2,1-4H3. The van der Waals surface area contributed by atoms with E-state index in [9.17, 15) is 13.2 Å². The van der Waals surface area contributed by atoms with Crippen LogP contribution in [0.1, 0.15) is 50.3 Å². The number of alkyl halides is 3. The van der Waals surface area contributed by atoms with E-state index in [-0.39, 0.29) is 11.2 Å². The molecule has 0 unspecified atom stereocenters. The van der Waals surface area contributed by atoms with E-state index in [0.717, 1.165) is 12.0 Å². The number of rotatable bonds is 5. The zero-order chi connectivity index (χ0) is 18.0. The fourth-order valence-corrected chi connectivity index (χ4v) is 2.74. The van der Waals surface area contributed by atoms with Gasteiger partial charge in [0, 0.05) is 0 Å². The average molecular weight is 336 g/mol. The highest BCUT2D eigenvalue weighted by atomic mass is 19.4. The molecule has 130 valence electrons. The first-order valence-electron chi connectivity index (χ1n) is 8.02. The Morgan fingerprint density at radius 3 is 1.88 bits per heavy atom. The monoisotopic (exact) mass is 336 g/mol. The van der Waals surface area contributed by atoms with Gasteiger partial charge >= 0.3 is 6.36 Å². The minimum Gasteiger partial charge on any atom is -0.406 e. The van der Waals surface area contributed by atoms with E-state index in [1.54, 1.807) is 12.1 Å². The second-order valence-corrected chi connectivity index (χ2v) is 7.03. The van der Waals surface area contributed by atoms with E-state index in [1.807, 2.05) is 0 Å². The molecule has 0 saturated heterocycles. The van der Waals surface area contributed by atoms with Gasteiger partial charge in [-0.2, -0.15) is 0 Å². The van der Waals surface area contributed by atoms with Crippen LogP contribution in [0.3, 0.4) is 0 Å². The third kappa shape index (κ3) is 5.02. The van der Waals surface area contributed by atoms with E-state index < -0.39 is 6.36 Å². The summed E-state index contributed by atoms with van der Waals surface area (Å²) in [7, 11) is 0. The average Bonchev–Trinajstić information content (AvgIpc) is 2.46. The van der Waals surface area contributed by atoms with Gasteiger partial charge in [-0.1, -0.05) is 64.1 Å². The molecule has 0 heterocycles. The summed E-state index contributed by atoms with van der Waals surface area (Å²) >= 11 is 0. The molecule has 24 heavy (non-hydrogen) atoms. The molecule has 0 aliphatic rings. The molecule has 0 N–H and O–H groups in total. The first-order valence-corrected chi connectivity index (χ1v) is 8.02. The van der Waals surface area contributed by atoms with Crippen LogP contribution in [0.2, 0.25) is 0 Å². The van der Waals surface area contributed by atoms with Crippen molar-refractivity contribution in [1.29, 1.82) is 0 Å². The van der Waals surface area contributed by atoms with Crippen LogP contribution in [-0.2, 0) is 11.8 Å². The van der Waals surface area contributed by atoms with Gasteiger partial charge in [-0.25, -0.2) is 0 Å². The van der Waals surface area contributed by atoms with Gasteiger partial charge in [-0.05, 0) is 46.6 Å². The molecule has 1 nitrogen and oxygen atoms in total. The van der Waals surface area contributed by atoms with E-state index in [4.69, 9.17) is 0 Å². The van der Waals surface area contributed by atoms with Crippen LogP contribution in [-0.4, -0.2) is 6.36 Å². The molecule has 2 rings (SSSR count). The minimum atomic E-state index is -4.66. The summed E-state index contributed by atoms with van der Waals surface area (Å²) in [6.07, 6.45) is -3.85. The molecule has 2 aromatic rings. The lowest BCUT2D eigenvalue weighted by atomic mass is 9.79. The molecular weight excluding hydrogens is 313 g/mol. The summed E-state index contributed by atoms with van der Waals surface area (Å²) in [4.78, 5) is 0. The zero-order valence-corrected chi connectivity index (χ0v) is 14.4. The van der Waals surface area contributed by atoms with Crippen molar-refractivity contribution < 1.29 is 17.9 Å². The summed E-state index contributed by atoms with van der Waals surface area (Å²) in [6.45, 7) is 8.49. The molecule has 2 aromatic carbocycles. The maximum atomic E-state index is 12.2. The Bertz CT molecular complexity index is 653. The predicted octanol–water partition coefficient (Wildman–Crippen LogP) is 6.23. The Hall–Kier alpha value is -1.97. The normalized spacial score (nSPS) is 12.5. The summed E-state index contributed by atoms with van der Waals surface area (Å²) < 4.78 is 40.6. The van der Waals surface area contributed by atoms with Gasteiger partial charge < -0.3 is 4.74 Å². The Balaban J connectivity index is 2.11. The van der Waals surface area contributed by atoms with Crippen molar-refractivity contribution in [2.75, 3.05) is 0 Å². The summed E-state index contributed by atoms with van der Waals surface area (Å²) in [5.41, 5.74) is 3.30. The van der Waals surface area contributed by atoms with Crippen molar-refractivity contribution in [2.45, 2.75) is 51.8 Å². The Labute approximate surface area is 141 Å². The molecule has 0 atom stereocenters. The molecule has 0 saturated carbocycles. The maximum absolute atomic E-state index is 12.2. The van der Waals surface area contributed by atoms with Gasteiger partial charge in [0.15, 0.2) is 0 Å². The SMILES string of the molecule is CC(C)c1ccc(CC(C)(C)c2ccc(OC(F)(F)F)cc2)cc1. The lowest BCUT2D eigenvalue weighted by molar-refractivity contribution is -0.274. The number of halogens is 3. The smallest absolute Gasteiger partial charge is 0.406 e. The van der Waals surface area contributed by atoms with Crippen molar-refractivity contribution in [2.24, 2.45) is 0 Å². The van der Waals surface area contributed by atoms with E-state index in [0.29, 0.717) is 5.92 Å². The minimum absolute atomic E-state index is 0.184. The molecule has 0 aliphatic heterocycles. The molecular formula is C20H23F3O. The molecule has 0 fully saturated rings. The summed E-state index contributed by atoms with van der Waals surface area (Å²) in [6, 6.07) is 14.6. The number of hydrogen-bond acceptors (Lipinski definition) is 1. The fourth-order valence-electron chi connectivity index (χ4n) is 2.74. The van der Waals surface area contributed by atoms with E-state index in [2.05, 4.69) is 56.7 Å². The Morgan fingerprint density at radius 1 is 0.875 bits per heavy atom. The predicted molar refractivity (Wildman–Crippen MR) is 90.4 cm³/mol. The largest absolute Gasteiger partial charge is 0.573 e. The van der Waals surface area contributed by atoms with E-state index in [1.165, 1.54) is 23.3 Å². The maximum Gasteiger partial charge on any atom is 0.573 e. The topological polar surface area (TPSA) is 9.23 Å². The molecule has 0 spiro atoms. The molecule has 0 radical (unpaired) electrons. The van der Waals surface area contributed by atoms with Gasteiger partial charge in [0.05, 0.1) is 0 Å². The number of hydrogen-bond donors (Lipinski definition) is 0. The van der Waals surface area contributed by atoms with Crippen LogP contribution >= 0.6 is 0 Å². The van der Waals surface area contributed by atoms with Crippen LogP contribution in [0.4, 0.5) is 13.2 Å². The Morgan fingerprint density at radius 2 is 1.42 bits per heavy atom. The Kier molecular flexibility index (Phi) is 5.26. The quantitative estimate of drug-likeness (QED) is 0.629. The van der Waals surface area contributed by atoms with Crippen LogP contribution < -0.4 is 4.74 Å². The highest BCUT2D eigenvalue weighted by molar-refractivity contribution is 5.34. The van der Waals surface area contributed by atoms with Crippen LogP contribution in [0.15, 0.2) is 48.5 Å².